The van der Waals surface area contributed by atoms with Gasteiger partial charge >= 0.3 is 0 Å². The Bertz CT molecular complexity index is 448. The Morgan fingerprint density at radius 2 is 2.16 bits per heavy atom. The number of aryl methyl sites for hydroxylation is 1. The molecule has 5 heteroatoms. The van der Waals surface area contributed by atoms with Gasteiger partial charge in [0.2, 0.25) is 5.91 Å². The summed E-state index contributed by atoms with van der Waals surface area (Å²) in [4.78, 5) is 18.6. The lowest BCUT2D eigenvalue weighted by molar-refractivity contribution is -0.132. The number of hydrogen-bond acceptors (Lipinski definition) is 3. The van der Waals surface area contributed by atoms with Gasteiger partial charge in [-0.1, -0.05) is 0 Å². The Hall–Kier alpha value is -1.36. The predicted molar refractivity (Wildman–Crippen MR) is 72.7 cm³/mol. The smallest absolute Gasteiger partial charge is 0.224 e. The standard InChI is InChI=1S/C14H22N4O/c19-14(17-7-2-1-3-8-17)5-9-18-11-16-12-10-15-6-4-13(12)18/h11,15H,1-10H2. The van der Waals surface area contributed by atoms with E-state index >= 15 is 0 Å². The highest BCUT2D eigenvalue weighted by molar-refractivity contribution is 5.76. The van der Waals surface area contributed by atoms with Crippen LogP contribution in [0.5, 0.6) is 0 Å². The summed E-state index contributed by atoms with van der Waals surface area (Å²) < 4.78 is 2.16. The molecule has 1 aromatic rings. The summed E-state index contributed by atoms with van der Waals surface area (Å²) in [7, 11) is 0. The van der Waals surface area contributed by atoms with Gasteiger partial charge in [0.05, 0.1) is 12.0 Å². The van der Waals surface area contributed by atoms with Gasteiger partial charge in [-0.2, -0.15) is 0 Å². The second kappa shape index (κ2) is 5.74. The molecule has 1 N–H and O–H groups in total. The van der Waals surface area contributed by atoms with Crippen molar-refractivity contribution in [2.75, 3.05) is 19.6 Å². The summed E-state index contributed by atoms with van der Waals surface area (Å²) in [6, 6.07) is 0. The maximum Gasteiger partial charge on any atom is 0.224 e. The van der Waals surface area contributed by atoms with Crippen molar-refractivity contribution in [3.05, 3.63) is 17.7 Å². The number of nitrogens with zero attached hydrogens (tertiary/aromatic N) is 3. The molecule has 0 spiro atoms. The first kappa shape index (κ1) is 12.7. The van der Waals surface area contributed by atoms with E-state index in [-0.39, 0.29) is 0 Å². The molecule has 3 heterocycles. The second-order valence-corrected chi connectivity index (χ2v) is 5.45. The van der Waals surface area contributed by atoms with Crippen molar-refractivity contribution < 1.29 is 4.79 Å². The van der Waals surface area contributed by atoms with Crippen LogP contribution >= 0.6 is 0 Å². The molecule has 104 valence electrons. The molecule has 0 aromatic carbocycles. The van der Waals surface area contributed by atoms with Crippen molar-refractivity contribution in [3.8, 4) is 0 Å². The predicted octanol–water partition coefficient (Wildman–Crippen LogP) is 0.931. The number of carbonyl (C=O) groups is 1. The fourth-order valence-corrected chi connectivity index (χ4v) is 3.01. The quantitative estimate of drug-likeness (QED) is 0.881. The molecule has 3 rings (SSSR count). The van der Waals surface area contributed by atoms with Crippen LogP contribution in [0, 0.1) is 0 Å². The van der Waals surface area contributed by atoms with E-state index < -0.39 is 0 Å². The highest BCUT2D eigenvalue weighted by atomic mass is 16.2. The van der Waals surface area contributed by atoms with Crippen molar-refractivity contribution >= 4 is 5.91 Å². The Balaban J connectivity index is 1.57. The van der Waals surface area contributed by atoms with E-state index in [4.69, 9.17) is 0 Å². The third-order valence-electron chi connectivity index (χ3n) is 4.14. The minimum atomic E-state index is 0.302. The van der Waals surface area contributed by atoms with Gasteiger partial charge in [-0.25, -0.2) is 4.98 Å². The van der Waals surface area contributed by atoms with Crippen LogP contribution in [0.15, 0.2) is 6.33 Å². The molecular formula is C14H22N4O. The molecule has 1 saturated heterocycles. The first-order valence-corrected chi connectivity index (χ1v) is 7.36. The molecule has 0 saturated carbocycles. The topological polar surface area (TPSA) is 50.2 Å². The molecule has 0 unspecified atom stereocenters. The average molecular weight is 262 g/mol. The van der Waals surface area contributed by atoms with Crippen LogP contribution in [0.3, 0.4) is 0 Å². The van der Waals surface area contributed by atoms with Crippen LogP contribution in [0.2, 0.25) is 0 Å². The maximum atomic E-state index is 12.1. The zero-order valence-electron chi connectivity index (χ0n) is 11.4. The number of nitrogens with one attached hydrogen (secondary N) is 1. The van der Waals surface area contributed by atoms with Crippen LogP contribution in [0.1, 0.15) is 37.1 Å². The number of carbonyl (C=O) groups excluding carboxylic acids is 1. The summed E-state index contributed by atoms with van der Waals surface area (Å²) in [5.41, 5.74) is 2.46. The van der Waals surface area contributed by atoms with Crippen LogP contribution in [-0.2, 0) is 24.3 Å². The monoisotopic (exact) mass is 262 g/mol. The minimum absolute atomic E-state index is 0.302. The van der Waals surface area contributed by atoms with E-state index in [1.54, 1.807) is 0 Å². The SMILES string of the molecule is O=C(CCn1cnc2c1CCNC2)N1CCCCC1. The van der Waals surface area contributed by atoms with Gasteiger partial charge in [-0.05, 0) is 19.3 Å². The number of aromatic nitrogens is 2. The summed E-state index contributed by atoms with van der Waals surface area (Å²) in [5, 5.41) is 3.32. The van der Waals surface area contributed by atoms with Crippen molar-refractivity contribution in [1.29, 1.82) is 0 Å². The molecule has 0 atom stereocenters. The Morgan fingerprint density at radius 1 is 1.32 bits per heavy atom. The molecule has 1 aromatic heterocycles. The van der Waals surface area contributed by atoms with Gasteiger partial charge in [0.25, 0.3) is 0 Å². The van der Waals surface area contributed by atoms with E-state index in [1.807, 2.05) is 11.2 Å². The summed E-state index contributed by atoms with van der Waals surface area (Å²) >= 11 is 0. The molecule has 0 radical (unpaired) electrons. The lowest BCUT2D eigenvalue weighted by Gasteiger charge is -2.27. The van der Waals surface area contributed by atoms with E-state index in [2.05, 4.69) is 14.9 Å². The molecule has 0 aliphatic carbocycles. The minimum Gasteiger partial charge on any atom is -0.343 e. The van der Waals surface area contributed by atoms with Crippen LogP contribution in [-0.4, -0.2) is 40.0 Å². The summed E-state index contributed by atoms with van der Waals surface area (Å²) in [5.74, 6) is 0.302. The van der Waals surface area contributed by atoms with E-state index in [0.717, 1.165) is 57.7 Å². The number of likely N-dealkylation sites (tertiary alicyclic amines) is 1. The first-order valence-electron chi connectivity index (χ1n) is 7.36. The van der Waals surface area contributed by atoms with E-state index in [1.165, 1.54) is 12.1 Å². The highest BCUT2D eigenvalue weighted by Gasteiger charge is 2.18. The zero-order valence-corrected chi connectivity index (χ0v) is 11.4. The van der Waals surface area contributed by atoms with Gasteiger partial charge < -0.3 is 14.8 Å². The molecule has 0 bridgehead atoms. The summed E-state index contributed by atoms with van der Waals surface area (Å²) in [6.45, 7) is 4.55. The largest absolute Gasteiger partial charge is 0.343 e. The molecule has 19 heavy (non-hydrogen) atoms. The van der Waals surface area contributed by atoms with Gasteiger partial charge in [-0.15, -0.1) is 0 Å². The molecule has 1 amide bonds. The van der Waals surface area contributed by atoms with Gasteiger partial charge in [-0.3, -0.25) is 4.79 Å². The van der Waals surface area contributed by atoms with Crippen molar-refractivity contribution in [2.24, 2.45) is 0 Å². The van der Waals surface area contributed by atoms with Crippen molar-refractivity contribution in [3.63, 3.8) is 0 Å². The number of hydrogen-bond donors (Lipinski definition) is 1. The molecule has 2 aliphatic rings. The lowest BCUT2D eigenvalue weighted by Crippen LogP contribution is -2.36. The fourth-order valence-electron chi connectivity index (χ4n) is 3.01. The Kier molecular flexibility index (Phi) is 3.82. The van der Waals surface area contributed by atoms with Gasteiger partial charge in [0.1, 0.15) is 0 Å². The molecule has 2 aliphatic heterocycles. The zero-order chi connectivity index (χ0) is 13.1. The normalized spacial score (nSPS) is 19.3. The second-order valence-electron chi connectivity index (χ2n) is 5.45. The number of rotatable bonds is 3. The molecular weight excluding hydrogens is 240 g/mol. The van der Waals surface area contributed by atoms with E-state index in [9.17, 15) is 4.79 Å². The van der Waals surface area contributed by atoms with Crippen LogP contribution in [0.25, 0.3) is 0 Å². The highest BCUT2D eigenvalue weighted by Crippen LogP contribution is 2.14. The third-order valence-corrected chi connectivity index (χ3v) is 4.14. The Labute approximate surface area is 114 Å². The average Bonchev–Trinajstić information content (AvgIpc) is 2.89. The fraction of sp³-hybridized carbons (Fsp3) is 0.714. The number of piperidine rings is 1. The van der Waals surface area contributed by atoms with Gasteiger partial charge in [0, 0.05) is 51.3 Å². The maximum absolute atomic E-state index is 12.1. The number of amides is 1. The van der Waals surface area contributed by atoms with Gasteiger partial charge in [0.15, 0.2) is 0 Å². The van der Waals surface area contributed by atoms with E-state index in [0.29, 0.717) is 12.3 Å². The number of imidazole rings is 1. The van der Waals surface area contributed by atoms with Crippen molar-refractivity contribution in [1.82, 2.24) is 19.8 Å². The van der Waals surface area contributed by atoms with Crippen LogP contribution in [0.4, 0.5) is 0 Å². The van der Waals surface area contributed by atoms with Crippen LogP contribution < -0.4 is 5.32 Å². The molecule has 5 nitrogen and oxygen atoms in total. The van der Waals surface area contributed by atoms with Crippen molar-refractivity contribution in [2.45, 2.75) is 45.2 Å². The summed E-state index contributed by atoms with van der Waals surface area (Å²) in [6.07, 6.45) is 7.12. The Morgan fingerprint density at radius 3 is 3.00 bits per heavy atom. The first-order chi connectivity index (χ1) is 9.34. The molecule has 1 fully saturated rings. The third kappa shape index (κ3) is 2.81. The lowest BCUT2D eigenvalue weighted by atomic mass is 10.1. The number of fused-ring (bicyclic) bond motifs is 1.